The van der Waals surface area contributed by atoms with Crippen molar-refractivity contribution in [2.75, 3.05) is 13.2 Å². The topological polar surface area (TPSA) is 87.0 Å². The van der Waals surface area contributed by atoms with E-state index in [9.17, 15) is 4.57 Å². The molecule has 0 rings (SSSR count). The molecular weight excluding hydrogens is 183 g/mol. The van der Waals surface area contributed by atoms with Gasteiger partial charge >= 0.3 is 7.82 Å². The van der Waals surface area contributed by atoms with E-state index in [1.165, 1.54) is 0 Å². The summed E-state index contributed by atoms with van der Waals surface area (Å²) in [5, 5.41) is 7.88. The molecule has 6 heteroatoms. The number of hydrogen-bond acceptors (Lipinski definition) is 3. The van der Waals surface area contributed by atoms with Gasteiger partial charge in [0.15, 0.2) is 0 Å². The van der Waals surface area contributed by atoms with Crippen molar-refractivity contribution in [3.8, 4) is 0 Å². The Kier molecular flexibility index (Phi) is 11.1. The third-order valence-electron chi connectivity index (χ3n) is 0.687. The average Bonchev–Trinajstić information content (AvgIpc) is 2.00. The van der Waals surface area contributed by atoms with Crippen molar-refractivity contribution in [1.82, 2.24) is 0 Å². The molecule has 76 valence electrons. The van der Waals surface area contributed by atoms with Crippen molar-refractivity contribution in [2.24, 2.45) is 0 Å². The molecule has 0 amide bonds. The highest BCUT2D eigenvalue weighted by molar-refractivity contribution is 7.46. The zero-order valence-corrected chi connectivity index (χ0v) is 8.33. The molecule has 5 nitrogen and oxygen atoms in total. The highest BCUT2D eigenvalue weighted by Gasteiger charge is 2.11. The van der Waals surface area contributed by atoms with E-state index < -0.39 is 7.82 Å². The van der Waals surface area contributed by atoms with Gasteiger partial charge in [0.25, 0.3) is 0 Å². The Morgan fingerprint density at radius 1 is 1.25 bits per heavy atom. The molecule has 0 atom stereocenters. The SMILES string of the molecule is CCCO.CCCOP(=O)(O)O. The molecule has 0 heterocycles. The summed E-state index contributed by atoms with van der Waals surface area (Å²) >= 11 is 0. The molecule has 3 N–H and O–H groups in total. The summed E-state index contributed by atoms with van der Waals surface area (Å²) in [5.74, 6) is 0. The van der Waals surface area contributed by atoms with Gasteiger partial charge in [-0.15, -0.1) is 0 Å². The summed E-state index contributed by atoms with van der Waals surface area (Å²) in [4.78, 5) is 16.1. The molecule has 12 heavy (non-hydrogen) atoms. The van der Waals surface area contributed by atoms with E-state index in [-0.39, 0.29) is 6.61 Å². The largest absolute Gasteiger partial charge is 0.469 e. The maximum Gasteiger partial charge on any atom is 0.469 e. The summed E-state index contributed by atoms with van der Waals surface area (Å²) in [7, 11) is -4.18. The van der Waals surface area contributed by atoms with E-state index in [1.54, 1.807) is 6.92 Å². The quantitative estimate of drug-likeness (QED) is 0.587. The average molecular weight is 200 g/mol. The zero-order chi connectivity index (χ0) is 10.0. The lowest BCUT2D eigenvalue weighted by Gasteiger charge is -2.00. The molecule has 0 aromatic heterocycles. The Bertz CT molecular complexity index is 119. The van der Waals surface area contributed by atoms with E-state index in [1.807, 2.05) is 6.92 Å². The number of aliphatic hydroxyl groups excluding tert-OH is 1. The third-order valence-corrected chi connectivity index (χ3v) is 1.21. The van der Waals surface area contributed by atoms with Gasteiger partial charge in [-0.3, -0.25) is 4.52 Å². The Labute approximate surface area is 72.6 Å². The predicted molar refractivity (Wildman–Crippen MR) is 45.7 cm³/mol. The van der Waals surface area contributed by atoms with E-state index in [0.29, 0.717) is 13.0 Å². The third kappa shape index (κ3) is 22.5. The van der Waals surface area contributed by atoms with Crippen molar-refractivity contribution in [2.45, 2.75) is 26.7 Å². The second-order valence-electron chi connectivity index (χ2n) is 2.05. The number of phosphoric acid groups is 1. The van der Waals surface area contributed by atoms with Gasteiger partial charge < -0.3 is 14.9 Å². The molecule has 0 aliphatic heterocycles. The van der Waals surface area contributed by atoms with Crippen LogP contribution in [0, 0.1) is 0 Å². The van der Waals surface area contributed by atoms with Crippen LogP contribution in [0.1, 0.15) is 26.7 Å². The monoisotopic (exact) mass is 200 g/mol. The van der Waals surface area contributed by atoms with Crippen molar-refractivity contribution in [3.63, 3.8) is 0 Å². The van der Waals surface area contributed by atoms with Crippen LogP contribution < -0.4 is 0 Å². The first-order valence-electron chi connectivity index (χ1n) is 3.78. The number of aliphatic hydroxyl groups is 1. The fourth-order valence-electron chi connectivity index (χ4n) is 0.210. The molecule has 0 aromatic rings. The minimum absolute atomic E-state index is 0.115. The van der Waals surface area contributed by atoms with Crippen LogP contribution in [0.2, 0.25) is 0 Å². The fraction of sp³-hybridized carbons (Fsp3) is 1.00. The number of hydrogen-bond donors (Lipinski definition) is 3. The maximum atomic E-state index is 9.86. The first kappa shape index (κ1) is 14.6. The van der Waals surface area contributed by atoms with Crippen LogP contribution >= 0.6 is 7.82 Å². The molecule has 0 fully saturated rings. The molecule has 0 saturated carbocycles. The Balaban J connectivity index is 0. The van der Waals surface area contributed by atoms with E-state index >= 15 is 0 Å². The van der Waals surface area contributed by atoms with E-state index in [4.69, 9.17) is 14.9 Å². The van der Waals surface area contributed by atoms with Crippen LogP contribution in [0.3, 0.4) is 0 Å². The lowest BCUT2D eigenvalue weighted by molar-refractivity contribution is 0.197. The molecule has 0 radical (unpaired) electrons. The maximum absolute atomic E-state index is 9.86. The van der Waals surface area contributed by atoms with E-state index in [2.05, 4.69) is 4.52 Å². The molecule has 0 aromatic carbocycles. The van der Waals surface area contributed by atoms with Gasteiger partial charge in [-0.05, 0) is 12.8 Å². The summed E-state index contributed by atoms with van der Waals surface area (Å²) in [5.41, 5.74) is 0. The van der Waals surface area contributed by atoms with Crippen LogP contribution in [0.4, 0.5) is 0 Å². The predicted octanol–water partition coefficient (Wildman–Crippen LogP) is 0.894. The zero-order valence-electron chi connectivity index (χ0n) is 7.43. The molecular formula is C6H17O5P. The van der Waals surface area contributed by atoms with Gasteiger partial charge in [-0.2, -0.15) is 0 Å². The van der Waals surface area contributed by atoms with Gasteiger partial charge in [0.1, 0.15) is 0 Å². The highest BCUT2D eigenvalue weighted by atomic mass is 31.2. The molecule has 0 spiro atoms. The first-order valence-corrected chi connectivity index (χ1v) is 5.31. The first-order chi connectivity index (χ1) is 5.47. The van der Waals surface area contributed by atoms with Crippen molar-refractivity contribution in [1.29, 1.82) is 0 Å². The van der Waals surface area contributed by atoms with Gasteiger partial charge in [-0.1, -0.05) is 13.8 Å². The van der Waals surface area contributed by atoms with Crippen LogP contribution in [0.25, 0.3) is 0 Å². The normalized spacial score (nSPS) is 10.4. The van der Waals surface area contributed by atoms with Gasteiger partial charge in [0.2, 0.25) is 0 Å². The second kappa shape index (κ2) is 9.16. The number of phosphoric ester groups is 1. The summed E-state index contributed by atoms with van der Waals surface area (Å²) in [6.45, 7) is 4.14. The van der Waals surface area contributed by atoms with Gasteiger partial charge in [-0.25, -0.2) is 4.57 Å². The summed E-state index contributed by atoms with van der Waals surface area (Å²) in [6.07, 6.45) is 1.49. The molecule has 0 unspecified atom stereocenters. The van der Waals surface area contributed by atoms with Crippen LogP contribution in [-0.4, -0.2) is 28.1 Å². The second-order valence-corrected chi connectivity index (χ2v) is 3.29. The smallest absolute Gasteiger partial charge is 0.396 e. The van der Waals surface area contributed by atoms with E-state index in [0.717, 1.165) is 6.42 Å². The fourth-order valence-corrected chi connectivity index (χ4v) is 0.631. The minimum atomic E-state index is -4.18. The molecule has 0 saturated heterocycles. The highest BCUT2D eigenvalue weighted by Crippen LogP contribution is 2.35. The molecule has 0 bridgehead atoms. The Morgan fingerprint density at radius 2 is 1.67 bits per heavy atom. The summed E-state index contributed by atoms with van der Waals surface area (Å²) < 4.78 is 13.9. The van der Waals surface area contributed by atoms with Crippen LogP contribution in [-0.2, 0) is 9.09 Å². The van der Waals surface area contributed by atoms with Crippen LogP contribution in [0.15, 0.2) is 0 Å². The van der Waals surface area contributed by atoms with Gasteiger partial charge in [0.05, 0.1) is 6.61 Å². The standard InChI is InChI=1S/C3H9O4P.C3H8O/c1-2-3-7-8(4,5)6;1-2-3-4/h2-3H2,1H3,(H2,4,5,6);4H,2-3H2,1H3. The lowest BCUT2D eigenvalue weighted by Crippen LogP contribution is -1.88. The lowest BCUT2D eigenvalue weighted by atomic mass is 10.5. The van der Waals surface area contributed by atoms with Crippen molar-refractivity contribution < 1.29 is 24.0 Å². The van der Waals surface area contributed by atoms with Gasteiger partial charge in [0, 0.05) is 6.61 Å². The van der Waals surface area contributed by atoms with Crippen LogP contribution in [0.5, 0.6) is 0 Å². The molecule has 0 aliphatic rings. The Morgan fingerprint density at radius 3 is 1.75 bits per heavy atom. The Hall–Kier alpha value is 0.0700. The molecule has 0 aliphatic carbocycles. The van der Waals surface area contributed by atoms with Crippen molar-refractivity contribution >= 4 is 7.82 Å². The summed E-state index contributed by atoms with van der Waals surface area (Å²) in [6, 6.07) is 0. The van der Waals surface area contributed by atoms with Crippen molar-refractivity contribution in [3.05, 3.63) is 0 Å². The minimum Gasteiger partial charge on any atom is -0.396 e. The number of rotatable bonds is 4.